The molecular weight excluding hydrogens is 280 g/mol. The van der Waals surface area contributed by atoms with Crippen LogP contribution >= 0.6 is 0 Å². The number of rotatable bonds is 4. The summed E-state index contributed by atoms with van der Waals surface area (Å²) < 4.78 is 26.4. The Morgan fingerprint density at radius 2 is 2.35 bits per heavy atom. The zero-order valence-electron chi connectivity index (χ0n) is 11.7. The van der Waals surface area contributed by atoms with Crippen LogP contribution in [0, 0.1) is 0 Å². The fraction of sp³-hybridized carbons (Fsp3) is 0.667. The maximum atomic E-state index is 12.5. The molecule has 1 saturated heterocycles. The molecule has 1 amide bonds. The van der Waals surface area contributed by atoms with Crippen LogP contribution in [-0.2, 0) is 21.2 Å². The number of hydrogen-bond acceptors (Lipinski definition) is 4. The van der Waals surface area contributed by atoms with Crippen LogP contribution in [0.25, 0.3) is 0 Å². The van der Waals surface area contributed by atoms with Gasteiger partial charge in [-0.15, -0.1) is 0 Å². The van der Waals surface area contributed by atoms with Crippen LogP contribution in [0.5, 0.6) is 0 Å². The minimum Gasteiger partial charge on any atom is -0.352 e. The van der Waals surface area contributed by atoms with Gasteiger partial charge in [-0.05, 0) is 12.8 Å². The van der Waals surface area contributed by atoms with E-state index in [-0.39, 0.29) is 17.0 Å². The van der Waals surface area contributed by atoms with Gasteiger partial charge >= 0.3 is 0 Å². The second kappa shape index (κ2) is 5.92. The first-order valence-electron chi connectivity index (χ1n) is 6.74. The molecule has 7 nitrogen and oxygen atoms in total. The van der Waals surface area contributed by atoms with Gasteiger partial charge in [0, 0.05) is 32.5 Å². The monoisotopic (exact) mass is 300 g/mol. The molecule has 1 aliphatic heterocycles. The number of aromatic nitrogens is 2. The van der Waals surface area contributed by atoms with Crippen molar-refractivity contribution >= 4 is 15.9 Å². The van der Waals surface area contributed by atoms with Crippen molar-refractivity contribution in [2.24, 2.45) is 0 Å². The molecule has 8 heteroatoms. The normalized spacial score (nSPS) is 20.8. The lowest BCUT2D eigenvalue weighted by atomic mass is 10.1. The quantitative estimate of drug-likeness (QED) is 0.834. The molecule has 0 bridgehead atoms. The van der Waals surface area contributed by atoms with E-state index in [1.807, 2.05) is 6.92 Å². The van der Waals surface area contributed by atoms with Crippen LogP contribution in [0.2, 0.25) is 0 Å². The first kappa shape index (κ1) is 15.0. The van der Waals surface area contributed by atoms with E-state index < -0.39 is 10.0 Å². The number of imidazole rings is 1. The average molecular weight is 300 g/mol. The zero-order valence-corrected chi connectivity index (χ0v) is 12.5. The minimum absolute atomic E-state index is 0.121. The van der Waals surface area contributed by atoms with Crippen molar-refractivity contribution in [2.45, 2.75) is 44.2 Å². The Labute approximate surface area is 118 Å². The highest BCUT2D eigenvalue weighted by Gasteiger charge is 2.31. The molecule has 0 saturated carbocycles. The third-order valence-corrected chi connectivity index (χ3v) is 5.12. The van der Waals surface area contributed by atoms with Crippen LogP contribution in [0.1, 0.15) is 32.5 Å². The van der Waals surface area contributed by atoms with Gasteiger partial charge in [-0.2, -0.15) is 4.31 Å². The highest BCUT2D eigenvalue weighted by molar-refractivity contribution is 7.89. The molecule has 2 rings (SSSR count). The summed E-state index contributed by atoms with van der Waals surface area (Å²) >= 11 is 0. The maximum Gasteiger partial charge on any atom is 0.260 e. The lowest BCUT2D eigenvalue weighted by Crippen LogP contribution is -2.49. The molecule has 0 aromatic carbocycles. The van der Waals surface area contributed by atoms with E-state index in [0.29, 0.717) is 25.3 Å². The van der Waals surface area contributed by atoms with E-state index in [9.17, 15) is 13.2 Å². The molecule has 2 N–H and O–H groups in total. The Bertz CT molecular complexity index is 581. The number of H-pyrrole nitrogens is 1. The van der Waals surface area contributed by atoms with Gasteiger partial charge in [0.15, 0.2) is 5.03 Å². The SMILES string of the molecule is CCc1ncc(S(=O)(=O)N2CCCC(NC(C)=O)C2)[nH]1. The van der Waals surface area contributed by atoms with E-state index in [1.165, 1.54) is 17.4 Å². The van der Waals surface area contributed by atoms with E-state index in [4.69, 9.17) is 0 Å². The predicted molar refractivity (Wildman–Crippen MR) is 73.6 cm³/mol. The summed E-state index contributed by atoms with van der Waals surface area (Å²) in [6.07, 6.45) is 3.55. The number of nitrogens with one attached hydrogen (secondary N) is 2. The van der Waals surface area contributed by atoms with Crippen molar-refractivity contribution in [3.63, 3.8) is 0 Å². The molecule has 2 heterocycles. The van der Waals surface area contributed by atoms with Crippen LogP contribution in [0.15, 0.2) is 11.2 Å². The average Bonchev–Trinajstić information content (AvgIpc) is 2.87. The Hall–Kier alpha value is -1.41. The Balaban J connectivity index is 2.14. The molecule has 0 spiro atoms. The van der Waals surface area contributed by atoms with Gasteiger partial charge in [-0.3, -0.25) is 4.79 Å². The standard InChI is InChI=1S/C12H20N4O3S/c1-3-11-13-7-12(15-11)20(18,19)16-6-4-5-10(8-16)14-9(2)17/h7,10H,3-6,8H2,1-2H3,(H,13,15)(H,14,17). The van der Waals surface area contributed by atoms with Crippen molar-refractivity contribution in [1.82, 2.24) is 19.6 Å². The van der Waals surface area contributed by atoms with Gasteiger partial charge in [0.25, 0.3) is 10.0 Å². The van der Waals surface area contributed by atoms with Crippen molar-refractivity contribution in [3.8, 4) is 0 Å². The topological polar surface area (TPSA) is 95.2 Å². The molecule has 0 radical (unpaired) electrons. The zero-order chi connectivity index (χ0) is 14.8. The number of nitrogens with zero attached hydrogens (tertiary/aromatic N) is 2. The van der Waals surface area contributed by atoms with Gasteiger partial charge in [0.2, 0.25) is 5.91 Å². The molecular formula is C12H20N4O3S. The summed E-state index contributed by atoms with van der Waals surface area (Å²) in [4.78, 5) is 17.9. The van der Waals surface area contributed by atoms with E-state index in [0.717, 1.165) is 12.8 Å². The number of aromatic amines is 1. The maximum absolute atomic E-state index is 12.5. The number of hydrogen-bond donors (Lipinski definition) is 2. The summed E-state index contributed by atoms with van der Waals surface area (Å²) in [6, 6.07) is -0.121. The van der Waals surface area contributed by atoms with E-state index in [1.54, 1.807) is 0 Å². The van der Waals surface area contributed by atoms with Crippen molar-refractivity contribution in [1.29, 1.82) is 0 Å². The van der Waals surface area contributed by atoms with E-state index in [2.05, 4.69) is 15.3 Å². The molecule has 1 fully saturated rings. The largest absolute Gasteiger partial charge is 0.352 e. The van der Waals surface area contributed by atoms with Gasteiger partial charge in [0.05, 0.1) is 6.20 Å². The molecule has 1 aromatic rings. The number of amides is 1. The molecule has 1 unspecified atom stereocenters. The number of sulfonamides is 1. The second-order valence-electron chi connectivity index (χ2n) is 4.95. The third-order valence-electron chi connectivity index (χ3n) is 3.35. The van der Waals surface area contributed by atoms with Crippen molar-refractivity contribution in [3.05, 3.63) is 12.0 Å². The van der Waals surface area contributed by atoms with Crippen molar-refractivity contribution in [2.75, 3.05) is 13.1 Å². The Morgan fingerprint density at radius 3 is 2.95 bits per heavy atom. The van der Waals surface area contributed by atoms with Gasteiger partial charge in [0.1, 0.15) is 5.82 Å². The lowest BCUT2D eigenvalue weighted by molar-refractivity contribution is -0.119. The van der Waals surface area contributed by atoms with Crippen LogP contribution in [-0.4, -0.2) is 47.7 Å². The first-order valence-corrected chi connectivity index (χ1v) is 8.18. The Kier molecular flexibility index (Phi) is 4.44. The number of aryl methyl sites for hydroxylation is 1. The van der Waals surface area contributed by atoms with Gasteiger partial charge in [-0.1, -0.05) is 6.92 Å². The second-order valence-corrected chi connectivity index (χ2v) is 6.86. The lowest BCUT2D eigenvalue weighted by Gasteiger charge is -2.31. The first-order chi connectivity index (χ1) is 9.43. The summed E-state index contributed by atoms with van der Waals surface area (Å²) in [5.41, 5.74) is 0. The van der Waals surface area contributed by atoms with Crippen molar-refractivity contribution < 1.29 is 13.2 Å². The number of carbonyl (C=O) groups is 1. The minimum atomic E-state index is -3.56. The molecule has 112 valence electrons. The van der Waals surface area contributed by atoms with Gasteiger partial charge < -0.3 is 10.3 Å². The summed E-state index contributed by atoms with van der Waals surface area (Å²) in [5.74, 6) is 0.517. The van der Waals surface area contributed by atoms with Crippen LogP contribution in [0.4, 0.5) is 0 Å². The fourth-order valence-electron chi connectivity index (χ4n) is 2.36. The highest BCUT2D eigenvalue weighted by Crippen LogP contribution is 2.19. The summed E-state index contributed by atoms with van der Waals surface area (Å²) in [7, 11) is -3.56. The summed E-state index contributed by atoms with van der Waals surface area (Å²) in [5, 5.41) is 2.90. The highest BCUT2D eigenvalue weighted by atomic mass is 32.2. The van der Waals surface area contributed by atoms with Gasteiger partial charge in [-0.25, -0.2) is 13.4 Å². The fourth-order valence-corrected chi connectivity index (χ4v) is 3.82. The number of piperidine rings is 1. The Morgan fingerprint density at radius 1 is 1.60 bits per heavy atom. The predicted octanol–water partition coefficient (Wildman–Crippen LogP) is 0.261. The molecule has 1 aromatic heterocycles. The third kappa shape index (κ3) is 3.18. The van der Waals surface area contributed by atoms with Crippen LogP contribution < -0.4 is 5.32 Å². The summed E-state index contributed by atoms with van der Waals surface area (Å²) in [6.45, 7) is 4.13. The molecule has 0 aliphatic carbocycles. The smallest absolute Gasteiger partial charge is 0.260 e. The molecule has 1 atom stereocenters. The molecule has 1 aliphatic rings. The molecule has 20 heavy (non-hydrogen) atoms. The van der Waals surface area contributed by atoms with Crippen LogP contribution in [0.3, 0.4) is 0 Å². The van der Waals surface area contributed by atoms with E-state index >= 15 is 0 Å². The number of carbonyl (C=O) groups excluding carboxylic acids is 1.